The fourth-order valence-electron chi connectivity index (χ4n) is 4.38. The van der Waals surface area contributed by atoms with Crippen LogP contribution < -0.4 is 0 Å². The first-order chi connectivity index (χ1) is 18.7. The summed E-state index contributed by atoms with van der Waals surface area (Å²) in [6.45, 7) is 12.0. The maximum atomic E-state index is 13.8. The first-order valence-electron chi connectivity index (χ1n) is 13.5. The minimum Gasteiger partial charge on any atom is -0.444 e. The quantitative estimate of drug-likeness (QED) is 0.240. The summed E-state index contributed by atoms with van der Waals surface area (Å²) < 4.78 is 48.1. The van der Waals surface area contributed by atoms with Crippen LogP contribution in [0.5, 0.6) is 0 Å². The lowest BCUT2D eigenvalue weighted by molar-refractivity contribution is -0.136. The van der Waals surface area contributed by atoms with Crippen molar-refractivity contribution in [2.45, 2.75) is 72.1 Å². The summed E-state index contributed by atoms with van der Waals surface area (Å²) in [5, 5.41) is 4.41. The SMILES string of the molecule is CC.CCC(CCN(C)C(=O)OC(C)(C)C)c1cnc2cc(-c3cc(C(F)(F)F)c4nn(C)cc4c3)ccc2n1. The number of hydrogen-bond acceptors (Lipinski definition) is 5. The van der Waals surface area contributed by atoms with E-state index in [0.29, 0.717) is 40.5 Å². The van der Waals surface area contributed by atoms with E-state index in [4.69, 9.17) is 9.72 Å². The molecule has 0 aliphatic rings. The topological polar surface area (TPSA) is 73.1 Å². The first-order valence-corrected chi connectivity index (χ1v) is 13.5. The zero-order valence-corrected chi connectivity index (χ0v) is 24.4. The summed E-state index contributed by atoms with van der Waals surface area (Å²) in [7, 11) is 3.31. The molecule has 7 nitrogen and oxygen atoms in total. The summed E-state index contributed by atoms with van der Waals surface area (Å²) >= 11 is 0. The minimum absolute atomic E-state index is 0.0723. The van der Waals surface area contributed by atoms with Gasteiger partial charge in [-0.25, -0.2) is 9.78 Å². The Labute approximate surface area is 233 Å². The van der Waals surface area contributed by atoms with Crippen LogP contribution in [0, 0.1) is 0 Å². The molecule has 0 saturated heterocycles. The molecular formula is C30H38F3N5O2. The molecule has 10 heteroatoms. The van der Waals surface area contributed by atoms with Crippen LogP contribution in [0.1, 0.15) is 71.6 Å². The monoisotopic (exact) mass is 557 g/mol. The first kappa shape index (κ1) is 30.8. The molecule has 0 bridgehead atoms. The zero-order chi connectivity index (χ0) is 29.8. The van der Waals surface area contributed by atoms with Crippen LogP contribution >= 0.6 is 0 Å². The van der Waals surface area contributed by atoms with Gasteiger partial charge in [0.1, 0.15) is 11.1 Å². The fraction of sp³-hybridized carbons (Fsp3) is 0.467. The van der Waals surface area contributed by atoms with Crippen molar-refractivity contribution in [3.05, 3.63) is 54.0 Å². The van der Waals surface area contributed by atoms with Crippen molar-refractivity contribution in [3.8, 4) is 11.1 Å². The number of amides is 1. The molecule has 0 N–H and O–H groups in total. The van der Waals surface area contributed by atoms with Crippen LogP contribution in [0.2, 0.25) is 0 Å². The average Bonchev–Trinajstić information content (AvgIpc) is 3.27. The number of halogens is 3. The van der Waals surface area contributed by atoms with Gasteiger partial charge in [-0.1, -0.05) is 26.8 Å². The maximum absolute atomic E-state index is 13.8. The Hall–Kier alpha value is -3.69. The molecule has 0 saturated carbocycles. The second-order valence-electron chi connectivity index (χ2n) is 10.6. The number of aryl methyl sites for hydroxylation is 1. The number of alkyl halides is 3. The van der Waals surface area contributed by atoms with Gasteiger partial charge in [-0.2, -0.15) is 18.3 Å². The minimum atomic E-state index is -4.53. The molecule has 4 rings (SSSR count). The van der Waals surface area contributed by atoms with Gasteiger partial charge in [0, 0.05) is 44.3 Å². The van der Waals surface area contributed by atoms with Crippen molar-refractivity contribution in [3.63, 3.8) is 0 Å². The number of rotatable bonds is 6. The van der Waals surface area contributed by atoms with E-state index < -0.39 is 17.3 Å². The van der Waals surface area contributed by atoms with E-state index in [0.717, 1.165) is 18.2 Å². The standard InChI is InChI=1S/C28H32F3N5O2.C2H6/c1-7-17(10-11-35(5)26(37)38-27(2,3)4)24-15-32-23-14-18(8-9-22(23)33-24)19-12-20-16-36(6)34-25(20)21(13-19)28(29,30)31;1-2/h8-9,12-17H,7,10-11H2,1-6H3;1-2H3. The highest BCUT2D eigenvalue weighted by Crippen LogP contribution is 2.38. The van der Waals surface area contributed by atoms with Gasteiger partial charge in [0.05, 0.1) is 22.3 Å². The zero-order valence-electron chi connectivity index (χ0n) is 24.4. The van der Waals surface area contributed by atoms with E-state index in [1.54, 1.807) is 55.7 Å². The molecule has 1 atom stereocenters. The van der Waals surface area contributed by atoms with E-state index in [9.17, 15) is 18.0 Å². The predicted molar refractivity (Wildman–Crippen MR) is 152 cm³/mol. The van der Waals surface area contributed by atoms with Crippen LogP contribution in [0.3, 0.4) is 0 Å². The lowest BCUT2D eigenvalue weighted by Gasteiger charge is -2.25. The number of ether oxygens (including phenoxy) is 1. The van der Waals surface area contributed by atoms with E-state index in [-0.39, 0.29) is 17.5 Å². The molecule has 216 valence electrons. The Morgan fingerprint density at radius 2 is 1.77 bits per heavy atom. The third-order valence-electron chi connectivity index (χ3n) is 6.35. The van der Waals surface area contributed by atoms with Gasteiger partial charge >= 0.3 is 12.3 Å². The van der Waals surface area contributed by atoms with Gasteiger partial charge in [0.25, 0.3) is 0 Å². The fourth-order valence-corrected chi connectivity index (χ4v) is 4.38. The van der Waals surface area contributed by atoms with Gasteiger partial charge in [0.15, 0.2) is 0 Å². The highest BCUT2D eigenvalue weighted by molar-refractivity contribution is 5.89. The molecule has 0 fully saturated rings. The van der Waals surface area contributed by atoms with E-state index in [1.807, 2.05) is 34.6 Å². The van der Waals surface area contributed by atoms with Crippen molar-refractivity contribution in [1.29, 1.82) is 0 Å². The number of hydrogen-bond donors (Lipinski definition) is 0. The van der Waals surface area contributed by atoms with Gasteiger partial charge in [0.2, 0.25) is 0 Å². The molecular weight excluding hydrogens is 519 g/mol. The molecule has 0 aliphatic carbocycles. The third kappa shape index (κ3) is 7.28. The summed E-state index contributed by atoms with van der Waals surface area (Å²) in [4.78, 5) is 23.2. The number of carbonyl (C=O) groups excluding carboxylic acids is 1. The number of fused-ring (bicyclic) bond motifs is 2. The van der Waals surface area contributed by atoms with Crippen molar-refractivity contribution in [2.75, 3.05) is 13.6 Å². The van der Waals surface area contributed by atoms with Crippen LogP contribution in [-0.2, 0) is 18.0 Å². The largest absolute Gasteiger partial charge is 0.444 e. The van der Waals surface area contributed by atoms with E-state index in [1.165, 1.54) is 4.68 Å². The Kier molecular flexibility index (Phi) is 9.43. The van der Waals surface area contributed by atoms with Gasteiger partial charge in [-0.05, 0) is 69.0 Å². The third-order valence-corrected chi connectivity index (χ3v) is 6.35. The van der Waals surface area contributed by atoms with Crippen molar-refractivity contribution in [2.24, 2.45) is 7.05 Å². The molecule has 1 unspecified atom stereocenters. The lowest BCUT2D eigenvalue weighted by Crippen LogP contribution is -2.35. The molecule has 2 aromatic carbocycles. The van der Waals surface area contributed by atoms with E-state index >= 15 is 0 Å². The lowest BCUT2D eigenvalue weighted by atomic mass is 9.97. The van der Waals surface area contributed by atoms with Gasteiger partial charge in [-0.3, -0.25) is 9.67 Å². The Balaban J connectivity index is 0.00000216. The second-order valence-corrected chi connectivity index (χ2v) is 10.6. The summed E-state index contributed by atoms with van der Waals surface area (Å²) in [5.41, 5.74) is 1.70. The second kappa shape index (κ2) is 12.2. The number of benzene rings is 2. The summed E-state index contributed by atoms with van der Waals surface area (Å²) in [6.07, 6.45) is -0.115. The van der Waals surface area contributed by atoms with Gasteiger partial charge < -0.3 is 9.64 Å². The van der Waals surface area contributed by atoms with E-state index in [2.05, 4.69) is 17.0 Å². The van der Waals surface area contributed by atoms with Crippen LogP contribution in [-0.4, -0.2) is 49.9 Å². The van der Waals surface area contributed by atoms with Crippen molar-refractivity contribution < 1.29 is 22.7 Å². The molecule has 2 heterocycles. The van der Waals surface area contributed by atoms with Crippen molar-refractivity contribution in [1.82, 2.24) is 24.6 Å². The summed E-state index contributed by atoms with van der Waals surface area (Å²) in [6, 6.07) is 8.12. The molecule has 0 aliphatic heterocycles. The predicted octanol–water partition coefficient (Wildman–Crippen LogP) is 7.98. The van der Waals surface area contributed by atoms with Crippen LogP contribution in [0.25, 0.3) is 33.1 Å². The molecule has 4 aromatic rings. The van der Waals surface area contributed by atoms with Gasteiger partial charge in [-0.15, -0.1) is 0 Å². The Bertz CT molecular complexity index is 1470. The summed E-state index contributed by atoms with van der Waals surface area (Å²) in [5.74, 6) is 0.0822. The number of nitrogens with zero attached hydrogens (tertiary/aromatic N) is 5. The van der Waals surface area contributed by atoms with Crippen molar-refractivity contribution >= 4 is 28.0 Å². The molecule has 0 spiro atoms. The Morgan fingerprint density at radius 3 is 2.40 bits per heavy atom. The Morgan fingerprint density at radius 1 is 1.07 bits per heavy atom. The highest BCUT2D eigenvalue weighted by atomic mass is 19.4. The maximum Gasteiger partial charge on any atom is 0.418 e. The smallest absolute Gasteiger partial charge is 0.418 e. The molecule has 1 amide bonds. The number of carbonyl (C=O) groups is 1. The normalized spacial score (nSPS) is 12.7. The van der Waals surface area contributed by atoms with Crippen LogP contribution in [0.4, 0.5) is 18.0 Å². The highest BCUT2D eigenvalue weighted by Gasteiger charge is 2.34. The molecule has 0 radical (unpaired) electrons. The average molecular weight is 558 g/mol. The van der Waals surface area contributed by atoms with Crippen LogP contribution in [0.15, 0.2) is 42.7 Å². The molecule has 2 aromatic heterocycles. The number of aromatic nitrogens is 4. The molecule has 40 heavy (non-hydrogen) atoms.